The van der Waals surface area contributed by atoms with Crippen LogP contribution in [0.3, 0.4) is 0 Å². The molecule has 4 heteroatoms. The minimum absolute atomic E-state index is 0.717. The molecule has 2 saturated carbocycles. The average Bonchev–Trinajstić information content (AvgIpc) is 3.02. The first-order valence-corrected chi connectivity index (χ1v) is 8.42. The number of aromatic nitrogens is 2. The zero-order valence-electron chi connectivity index (χ0n) is 12.4. The molecule has 3 rings (SSSR count). The van der Waals surface area contributed by atoms with Crippen molar-refractivity contribution in [3.63, 3.8) is 0 Å². The first-order valence-electron chi connectivity index (χ1n) is 8.42. The SMILES string of the molecule is c1noc(CCNC2CCCCC2C2CCCCC2)n1. The Morgan fingerprint density at radius 2 is 1.85 bits per heavy atom. The molecule has 20 heavy (non-hydrogen) atoms. The first kappa shape index (κ1) is 14.1. The topological polar surface area (TPSA) is 51.0 Å². The molecule has 4 nitrogen and oxygen atoms in total. The maximum absolute atomic E-state index is 5.06. The Hall–Kier alpha value is -0.900. The van der Waals surface area contributed by atoms with Gasteiger partial charge in [0.15, 0.2) is 6.33 Å². The molecule has 0 bridgehead atoms. The van der Waals surface area contributed by atoms with Crippen molar-refractivity contribution in [1.82, 2.24) is 15.5 Å². The Bertz CT molecular complexity index is 373. The van der Waals surface area contributed by atoms with Crippen LogP contribution in [0.25, 0.3) is 0 Å². The van der Waals surface area contributed by atoms with Gasteiger partial charge in [0.05, 0.1) is 0 Å². The number of hydrogen-bond donors (Lipinski definition) is 1. The van der Waals surface area contributed by atoms with Crippen molar-refractivity contribution in [2.45, 2.75) is 70.3 Å². The van der Waals surface area contributed by atoms with Crippen LogP contribution in [0, 0.1) is 11.8 Å². The molecule has 0 aliphatic heterocycles. The molecule has 1 heterocycles. The molecule has 1 N–H and O–H groups in total. The Balaban J connectivity index is 1.49. The minimum Gasteiger partial charge on any atom is -0.340 e. The molecule has 112 valence electrons. The van der Waals surface area contributed by atoms with Crippen LogP contribution in [0.4, 0.5) is 0 Å². The van der Waals surface area contributed by atoms with E-state index in [-0.39, 0.29) is 0 Å². The number of hydrogen-bond acceptors (Lipinski definition) is 4. The summed E-state index contributed by atoms with van der Waals surface area (Å²) in [6.07, 6.45) is 15.2. The van der Waals surface area contributed by atoms with E-state index in [1.54, 1.807) is 0 Å². The fourth-order valence-corrected chi connectivity index (χ4v) is 4.21. The zero-order valence-corrected chi connectivity index (χ0v) is 12.4. The quantitative estimate of drug-likeness (QED) is 0.897. The van der Waals surface area contributed by atoms with Crippen molar-refractivity contribution in [2.24, 2.45) is 11.8 Å². The van der Waals surface area contributed by atoms with Gasteiger partial charge in [0.25, 0.3) is 0 Å². The lowest BCUT2D eigenvalue weighted by Gasteiger charge is -2.39. The van der Waals surface area contributed by atoms with Gasteiger partial charge in [-0.3, -0.25) is 0 Å². The minimum atomic E-state index is 0.717. The van der Waals surface area contributed by atoms with E-state index in [0.717, 1.165) is 36.7 Å². The van der Waals surface area contributed by atoms with Crippen LogP contribution >= 0.6 is 0 Å². The van der Waals surface area contributed by atoms with Crippen LogP contribution in [0.5, 0.6) is 0 Å². The lowest BCUT2D eigenvalue weighted by atomic mass is 9.71. The summed E-state index contributed by atoms with van der Waals surface area (Å²) < 4.78 is 5.06. The van der Waals surface area contributed by atoms with Crippen LogP contribution in [0.1, 0.15) is 63.7 Å². The van der Waals surface area contributed by atoms with E-state index < -0.39 is 0 Å². The van der Waals surface area contributed by atoms with Gasteiger partial charge in [-0.2, -0.15) is 4.98 Å². The van der Waals surface area contributed by atoms with E-state index in [4.69, 9.17) is 4.52 Å². The molecule has 2 unspecified atom stereocenters. The van der Waals surface area contributed by atoms with Gasteiger partial charge in [-0.1, -0.05) is 50.1 Å². The molecule has 0 aromatic carbocycles. The Kier molecular flexibility index (Phi) is 5.06. The summed E-state index contributed by atoms with van der Waals surface area (Å²) in [5.74, 6) is 2.64. The number of rotatable bonds is 5. The van der Waals surface area contributed by atoms with E-state index in [1.807, 2.05) is 0 Å². The summed E-state index contributed by atoms with van der Waals surface area (Å²) in [4.78, 5) is 4.09. The monoisotopic (exact) mass is 277 g/mol. The Labute approximate surface area is 121 Å². The van der Waals surface area contributed by atoms with Crippen LogP contribution < -0.4 is 5.32 Å². The fraction of sp³-hybridized carbons (Fsp3) is 0.875. The highest BCUT2D eigenvalue weighted by Gasteiger charge is 2.32. The van der Waals surface area contributed by atoms with E-state index >= 15 is 0 Å². The standard InChI is InChI=1S/C16H27N3O/c1-2-6-13(7-3-1)14-8-4-5-9-15(14)17-11-10-16-18-12-19-20-16/h12-15,17H,1-11H2. The molecule has 2 fully saturated rings. The van der Waals surface area contributed by atoms with Crippen molar-refractivity contribution < 1.29 is 4.52 Å². The highest BCUT2D eigenvalue weighted by Crippen LogP contribution is 2.38. The fourth-order valence-electron chi connectivity index (χ4n) is 4.21. The number of nitrogens with one attached hydrogen (secondary N) is 1. The third-order valence-corrected chi connectivity index (χ3v) is 5.23. The second kappa shape index (κ2) is 7.21. The third-order valence-electron chi connectivity index (χ3n) is 5.23. The largest absolute Gasteiger partial charge is 0.340 e. The maximum Gasteiger partial charge on any atom is 0.227 e. The second-order valence-electron chi connectivity index (χ2n) is 6.49. The Morgan fingerprint density at radius 3 is 2.65 bits per heavy atom. The summed E-state index contributed by atoms with van der Waals surface area (Å²) in [5.41, 5.74) is 0. The second-order valence-corrected chi connectivity index (χ2v) is 6.49. The Morgan fingerprint density at radius 1 is 1.05 bits per heavy atom. The lowest BCUT2D eigenvalue weighted by molar-refractivity contribution is 0.150. The molecule has 0 amide bonds. The van der Waals surface area contributed by atoms with Gasteiger partial charge in [-0.15, -0.1) is 0 Å². The van der Waals surface area contributed by atoms with E-state index in [2.05, 4.69) is 15.5 Å². The summed E-state index contributed by atoms with van der Waals surface area (Å²) in [5, 5.41) is 7.44. The molecule has 2 aliphatic rings. The van der Waals surface area contributed by atoms with Crippen molar-refractivity contribution >= 4 is 0 Å². The highest BCUT2D eigenvalue weighted by atomic mass is 16.5. The summed E-state index contributed by atoms with van der Waals surface area (Å²) in [6, 6.07) is 0.717. The predicted molar refractivity (Wildman–Crippen MR) is 78.3 cm³/mol. The van der Waals surface area contributed by atoms with Gasteiger partial charge >= 0.3 is 0 Å². The third kappa shape index (κ3) is 3.60. The van der Waals surface area contributed by atoms with Gasteiger partial charge in [-0.05, 0) is 24.7 Å². The summed E-state index contributed by atoms with van der Waals surface area (Å²) in [6.45, 7) is 0.968. The van der Waals surface area contributed by atoms with Crippen molar-refractivity contribution in [2.75, 3.05) is 6.54 Å². The number of nitrogens with zero attached hydrogens (tertiary/aromatic N) is 2. The van der Waals surface area contributed by atoms with E-state index in [9.17, 15) is 0 Å². The normalized spacial score (nSPS) is 28.6. The molecular formula is C16H27N3O. The van der Waals surface area contributed by atoms with Gasteiger partial charge in [-0.25, -0.2) is 0 Å². The molecule has 2 aliphatic carbocycles. The molecule has 1 aromatic rings. The lowest BCUT2D eigenvalue weighted by Crippen LogP contribution is -2.43. The van der Waals surface area contributed by atoms with Gasteiger partial charge in [0, 0.05) is 19.0 Å². The van der Waals surface area contributed by atoms with Gasteiger partial charge < -0.3 is 9.84 Å². The summed E-state index contributed by atoms with van der Waals surface area (Å²) >= 11 is 0. The highest BCUT2D eigenvalue weighted by molar-refractivity contribution is 4.87. The van der Waals surface area contributed by atoms with Crippen molar-refractivity contribution in [3.8, 4) is 0 Å². The van der Waals surface area contributed by atoms with Crippen LogP contribution in [-0.2, 0) is 6.42 Å². The van der Waals surface area contributed by atoms with Crippen molar-refractivity contribution in [3.05, 3.63) is 12.2 Å². The van der Waals surface area contributed by atoms with E-state index in [0.29, 0.717) is 0 Å². The van der Waals surface area contributed by atoms with Crippen molar-refractivity contribution in [1.29, 1.82) is 0 Å². The molecule has 0 saturated heterocycles. The van der Waals surface area contributed by atoms with Crippen LogP contribution in [0.2, 0.25) is 0 Å². The van der Waals surface area contributed by atoms with Gasteiger partial charge in [0.2, 0.25) is 5.89 Å². The molecule has 2 atom stereocenters. The van der Waals surface area contributed by atoms with Gasteiger partial charge in [0.1, 0.15) is 0 Å². The first-order chi connectivity index (χ1) is 9.93. The average molecular weight is 277 g/mol. The predicted octanol–water partition coefficient (Wildman–Crippen LogP) is 3.34. The molecular weight excluding hydrogens is 250 g/mol. The van der Waals surface area contributed by atoms with Crippen LogP contribution in [0.15, 0.2) is 10.9 Å². The molecule has 0 spiro atoms. The molecule has 0 radical (unpaired) electrons. The maximum atomic E-state index is 5.06. The smallest absolute Gasteiger partial charge is 0.227 e. The van der Waals surface area contributed by atoms with E-state index in [1.165, 1.54) is 64.1 Å². The summed E-state index contributed by atoms with van der Waals surface area (Å²) in [7, 11) is 0. The zero-order chi connectivity index (χ0) is 13.6. The van der Waals surface area contributed by atoms with Crippen LogP contribution in [-0.4, -0.2) is 22.7 Å². The molecule has 1 aromatic heterocycles.